The first kappa shape index (κ1) is 8.27. The third kappa shape index (κ3) is 2.72. The van der Waals surface area contributed by atoms with Gasteiger partial charge >= 0.3 is 0 Å². The van der Waals surface area contributed by atoms with Gasteiger partial charge in [0.15, 0.2) is 0 Å². The summed E-state index contributed by atoms with van der Waals surface area (Å²) in [5, 5.41) is -0.0996. The van der Waals surface area contributed by atoms with Crippen LogP contribution in [0.4, 0.5) is 0 Å². The van der Waals surface area contributed by atoms with Gasteiger partial charge in [0.2, 0.25) is 6.29 Å². The van der Waals surface area contributed by atoms with E-state index in [1.807, 2.05) is 25.3 Å². The number of hydrogen-bond donors (Lipinski definition) is 0. The van der Waals surface area contributed by atoms with E-state index in [1.165, 1.54) is 11.8 Å². The predicted molar refractivity (Wildman–Crippen MR) is 45.2 cm³/mol. The molecule has 2 nitrogen and oxygen atoms in total. The van der Waals surface area contributed by atoms with Gasteiger partial charge in [-0.3, -0.25) is 9.78 Å². The van der Waals surface area contributed by atoms with Crippen LogP contribution in [0.15, 0.2) is 29.4 Å². The van der Waals surface area contributed by atoms with Crippen molar-refractivity contribution in [2.75, 3.05) is 0 Å². The molecule has 0 aliphatic heterocycles. The van der Waals surface area contributed by atoms with E-state index in [2.05, 4.69) is 4.98 Å². The molecule has 0 aliphatic carbocycles. The molecule has 57 valence electrons. The number of pyridine rings is 1. The standard InChI is InChI=1S/C8H8NOS/c1-7(6-10)11-8-2-4-9-5-3-8/h2-5,7H,1H3. The summed E-state index contributed by atoms with van der Waals surface area (Å²) in [6.45, 7) is 1.82. The lowest BCUT2D eigenvalue weighted by Crippen LogP contribution is -1.95. The van der Waals surface area contributed by atoms with E-state index in [0.717, 1.165) is 4.90 Å². The van der Waals surface area contributed by atoms with Crippen molar-refractivity contribution in [1.82, 2.24) is 4.98 Å². The third-order valence-electron chi connectivity index (χ3n) is 1.13. The van der Waals surface area contributed by atoms with Crippen molar-refractivity contribution in [2.24, 2.45) is 0 Å². The van der Waals surface area contributed by atoms with Crippen LogP contribution < -0.4 is 0 Å². The number of thioether (sulfide) groups is 1. The van der Waals surface area contributed by atoms with Crippen LogP contribution in [0.5, 0.6) is 0 Å². The van der Waals surface area contributed by atoms with Crippen molar-refractivity contribution in [2.45, 2.75) is 17.1 Å². The highest BCUT2D eigenvalue weighted by molar-refractivity contribution is 8.00. The van der Waals surface area contributed by atoms with Crippen molar-refractivity contribution in [1.29, 1.82) is 0 Å². The second-order valence-electron chi connectivity index (χ2n) is 2.06. The summed E-state index contributed by atoms with van der Waals surface area (Å²) < 4.78 is 0. The Morgan fingerprint density at radius 3 is 2.73 bits per heavy atom. The molecule has 0 saturated heterocycles. The maximum atomic E-state index is 10.1. The molecule has 0 amide bonds. The molecular formula is C8H8NOS. The monoisotopic (exact) mass is 166 g/mol. The van der Waals surface area contributed by atoms with Crippen LogP contribution in [0, 0.1) is 0 Å². The fourth-order valence-electron chi connectivity index (χ4n) is 0.645. The minimum absolute atomic E-state index is 0.0996. The van der Waals surface area contributed by atoms with E-state index in [1.54, 1.807) is 12.4 Å². The van der Waals surface area contributed by atoms with Crippen molar-refractivity contribution < 1.29 is 4.79 Å². The van der Waals surface area contributed by atoms with Gasteiger partial charge in [-0.1, -0.05) is 0 Å². The first-order valence-electron chi connectivity index (χ1n) is 3.27. The summed E-state index contributed by atoms with van der Waals surface area (Å²) in [4.78, 5) is 15.1. The fourth-order valence-corrected chi connectivity index (χ4v) is 1.38. The smallest absolute Gasteiger partial charge is 0.212 e. The molecule has 0 aliphatic rings. The lowest BCUT2D eigenvalue weighted by molar-refractivity contribution is 0.555. The van der Waals surface area contributed by atoms with Crippen LogP contribution in [-0.4, -0.2) is 16.5 Å². The van der Waals surface area contributed by atoms with Gasteiger partial charge in [0.1, 0.15) is 0 Å². The molecule has 1 aromatic rings. The highest BCUT2D eigenvalue weighted by atomic mass is 32.2. The van der Waals surface area contributed by atoms with Crippen molar-refractivity contribution in [3.8, 4) is 0 Å². The number of aromatic nitrogens is 1. The van der Waals surface area contributed by atoms with Gasteiger partial charge in [-0.25, -0.2) is 0 Å². The number of carbonyl (C=O) groups excluding carboxylic acids is 1. The Balaban J connectivity index is 2.57. The molecule has 0 fully saturated rings. The lowest BCUT2D eigenvalue weighted by Gasteiger charge is -2.00. The number of nitrogens with zero attached hydrogens (tertiary/aromatic N) is 1. The molecule has 0 bridgehead atoms. The molecule has 1 atom stereocenters. The first-order valence-corrected chi connectivity index (χ1v) is 4.15. The highest BCUT2D eigenvalue weighted by Crippen LogP contribution is 2.20. The largest absolute Gasteiger partial charge is 0.290 e. The minimum atomic E-state index is -0.0996. The van der Waals surface area contributed by atoms with Gasteiger partial charge in [0.25, 0.3) is 0 Å². The number of rotatable bonds is 3. The third-order valence-corrected chi connectivity index (χ3v) is 2.12. The Morgan fingerprint density at radius 1 is 1.55 bits per heavy atom. The van der Waals surface area contributed by atoms with E-state index < -0.39 is 0 Å². The van der Waals surface area contributed by atoms with E-state index >= 15 is 0 Å². The Labute approximate surface area is 70.0 Å². The van der Waals surface area contributed by atoms with E-state index in [-0.39, 0.29) is 5.25 Å². The number of hydrogen-bond acceptors (Lipinski definition) is 3. The predicted octanol–water partition coefficient (Wildman–Crippen LogP) is 1.67. The molecule has 0 saturated carbocycles. The van der Waals surface area contributed by atoms with E-state index in [4.69, 9.17) is 0 Å². The fraction of sp³-hybridized carbons (Fsp3) is 0.250. The molecular weight excluding hydrogens is 158 g/mol. The normalized spacial score (nSPS) is 12.5. The van der Waals surface area contributed by atoms with Gasteiger partial charge in [0, 0.05) is 17.3 Å². The van der Waals surface area contributed by atoms with Crippen molar-refractivity contribution >= 4 is 18.0 Å². The zero-order valence-corrected chi connectivity index (χ0v) is 6.97. The molecule has 1 radical (unpaired) electrons. The molecule has 1 unspecified atom stereocenters. The Kier molecular flexibility index (Phi) is 3.11. The van der Waals surface area contributed by atoms with Crippen LogP contribution in [-0.2, 0) is 4.79 Å². The molecule has 1 aromatic heterocycles. The second kappa shape index (κ2) is 4.13. The minimum Gasteiger partial charge on any atom is -0.290 e. The molecule has 11 heavy (non-hydrogen) atoms. The average molecular weight is 166 g/mol. The van der Waals surface area contributed by atoms with Gasteiger partial charge in [-0.15, -0.1) is 11.8 Å². The first-order chi connectivity index (χ1) is 5.33. The zero-order chi connectivity index (χ0) is 8.10. The summed E-state index contributed by atoms with van der Waals surface area (Å²) in [5.74, 6) is 0. The van der Waals surface area contributed by atoms with Gasteiger partial charge in [-0.05, 0) is 19.1 Å². The molecule has 0 N–H and O–H groups in total. The van der Waals surface area contributed by atoms with Crippen molar-refractivity contribution in [3.63, 3.8) is 0 Å². The zero-order valence-electron chi connectivity index (χ0n) is 6.15. The molecule has 1 heterocycles. The average Bonchev–Trinajstić information content (AvgIpc) is 2.06. The highest BCUT2D eigenvalue weighted by Gasteiger charge is 2.01. The van der Waals surface area contributed by atoms with Crippen LogP contribution in [0.3, 0.4) is 0 Å². The van der Waals surface area contributed by atoms with Gasteiger partial charge in [-0.2, -0.15) is 0 Å². The molecule has 0 spiro atoms. The SMILES string of the molecule is CC([C]=O)Sc1ccncc1. The second-order valence-corrected chi connectivity index (χ2v) is 3.48. The van der Waals surface area contributed by atoms with Crippen LogP contribution >= 0.6 is 11.8 Å². The summed E-state index contributed by atoms with van der Waals surface area (Å²) >= 11 is 1.48. The summed E-state index contributed by atoms with van der Waals surface area (Å²) in [6.07, 6.45) is 5.32. The molecule has 3 heteroatoms. The summed E-state index contributed by atoms with van der Waals surface area (Å²) in [5.41, 5.74) is 0. The summed E-state index contributed by atoms with van der Waals surface area (Å²) in [6, 6.07) is 3.75. The van der Waals surface area contributed by atoms with Crippen LogP contribution in [0.1, 0.15) is 6.92 Å². The molecule has 0 aromatic carbocycles. The van der Waals surface area contributed by atoms with Crippen LogP contribution in [0.2, 0.25) is 0 Å². The van der Waals surface area contributed by atoms with Crippen molar-refractivity contribution in [3.05, 3.63) is 24.5 Å². The maximum absolute atomic E-state index is 10.1. The van der Waals surface area contributed by atoms with E-state index in [0.29, 0.717) is 0 Å². The van der Waals surface area contributed by atoms with E-state index in [9.17, 15) is 4.79 Å². The maximum Gasteiger partial charge on any atom is 0.212 e. The summed E-state index contributed by atoms with van der Waals surface area (Å²) in [7, 11) is 0. The topological polar surface area (TPSA) is 30.0 Å². The van der Waals surface area contributed by atoms with Crippen LogP contribution in [0.25, 0.3) is 0 Å². The quantitative estimate of drug-likeness (QED) is 0.640. The Morgan fingerprint density at radius 2 is 2.18 bits per heavy atom. The van der Waals surface area contributed by atoms with Gasteiger partial charge in [0.05, 0.1) is 5.25 Å². The Hall–Kier alpha value is -0.830. The lowest BCUT2D eigenvalue weighted by atomic mass is 10.5. The molecule has 1 rings (SSSR count). The van der Waals surface area contributed by atoms with Gasteiger partial charge < -0.3 is 0 Å². The Bertz CT molecular complexity index is 225.